The van der Waals surface area contributed by atoms with E-state index >= 15 is 0 Å². The lowest BCUT2D eigenvalue weighted by Crippen LogP contribution is -2.27. The van der Waals surface area contributed by atoms with E-state index in [1.807, 2.05) is 14.1 Å². The fourth-order valence-electron chi connectivity index (χ4n) is 1.51. The summed E-state index contributed by atoms with van der Waals surface area (Å²) in [5.74, 6) is 5.51. The van der Waals surface area contributed by atoms with Crippen molar-refractivity contribution in [3.8, 4) is 11.8 Å². The third kappa shape index (κ3) is 6.32. The van der Waals surface area contributed by atoms with Crippen molar-refractivity contribution in [3.63, 3.8) is 0 Å². The van der Waals surface area contributed by atoms with Crippen LogP contribution < -0.4 is 5.32 Å². The molecular weight excluding hydrogens is 254 g/mol. The van der Waals surface area contributed by atoms with Gasteiger partial charge in [0.1, 0.15) is 5.69 Å². The molecule has 5 nitrogen and oxygen atoms in total. The normalized spacial score (nSPS) is 10.0. The molecule has 0 saturated heterocycles. The van der Waals surface area contributed by atoms with Crippen LogP contribution in [0.5, 0.6) is 0 Å². The highest BCUT2D eigenvalue weighted by atomic mass is 16.2. The van der Waals surface area contributed by atoms with E-state index in [0.717, 1.165) is 18.5 Å². The van der Waals surface area contributed by atoms with Crippen LogP contribution in [-0.2, 0) is 0 Å². The number of carbonyl (C=O) groups is 1. The van der Waals surface area contributed by atoms with Gasteiger partial charge in [-0.15, -0.1) is 0 Å². The van der Waals surface area contributed by atoms with Gasteiger partial charge in [-0.3, -0.25) is 4.79 Å². The first-order chi connectivity index (χ1) is 9.63. The first-order valence-corrected chi connectivity index (χ1v) is 6.62. The number of amides is 1. The average Bonchev–Trinajstić information content (AvgIpc) is 2.44. The molecule has 0 aliphatic carbocycles. The second kappa shape index (κ2) is 9.08. The van der Waals surface area contributed by atoms with E-state index in [4.69, 9.17) is 5.11 Å². The molecule has 20 heavy (non-hydrogen) atoms. The zero-order valence-corrected chi connectivity index (χ0v) is 12.0. The number of aromatic nitrogens is 1. The minimum atomic E-state index is -0.168. The summed E-state index contributed by atoms with van der Waals surface area (Å²) in [6, 6.07) is 3.41. The van der Waals surface area contributed by atoms with Crippen molar-refractivity contribution in [1.29, 1.82) is 0 Å². The molecule has 0 aliphatic rings. The van der Waals surface area contributed by atoms with Crippen LogP contribution in [0.4, 0.5) is 0 Å². The van der Waals surface area contributed by atoms with Gasteiger partial charge >= 0.3 is 0 Å². The molecule has 0 bridgehead atoms. The Balaban J connectivity index is 2.43. The molecule has 1 aromatic heterocycles. The summed E-state index contributed by atoms with van der Waals surface area (Å²) in [6.07, 6.45) is 2.91. The zero-order chi connectivity index (χ0) is 14.8. The minimum absolute atomic E-state index is 0.0495. The van der Waals surface area contributed by atoms with Gasteiger partial charge in [0.2, 0.25) is 0 Å². The van der Waals surface area contributed by atoms with Crippen LogP contribution in [0.15, 0.2) is 18.3 Å². The Bertz CT molecular complexity index is 472. The monoisotopic (exact) mass is 275 g/mol. The van der Waals surface area contributed by atoms with Crippen molar-refractivity contribution in [1.82, 2.24) is 15.2 Å². The molecule has 0 saturated carbocycles. The second-order valence-electron chi connectivity index (χ2n) is 4.62. The first-order valence-electron chi connectivity index (χ1n) is 6.62. The maximum Gasteiger partial charge on any atom is 0.269 e. The Labute approximate surface area is 120 Å². The molecule has 1 heterocycles. The maximum absolute atomic E-state index is 11.8. The maximum atomic E-state index is 11.8. The van der Waals surface area contributed by atoms with Crippen LogP contribution in [0, 0.1) is 11.8 Å². The highest BCUT2D eigenvalue weighted by Gasteiger charge is 2.05. The van der Waals surface area contributed by atoms with Gasteiger partial charge < -0.3 is 15.3 Å². The Kier molecular flexibility index (Phi) is 7.33. The number of rotatable bonds is 6. The molecule has 108 valence electrons. The summed E-state index contributed by atoms with van der Waals surface area (Å²) in [4.78, 5) is 18.0. The predicted octanol–water partition coefficient (Wildman–Crippen LogP) is 0.497. The molecule has 0 fully saturated rings. The van der Waals surface area contributed by atoms with E-state index in [1.54, 1.807) is 18.3 Å². The fourth-order valence-corrected chi connectivity index (χ4v) is 1.51. The number of aliphatic hydroxyl groups excluding tert-OH is 1. The van der Waals surface area contributed by atoms with Crippen molar-refractivity contribution in [3.05, 3.63) is 29.6 Å². The lowest BCUT2D eigenvalue weighted by molar-refractivity contribution is 0.0947. The van der Waals surface area contributed by atoms with Crippen LogP contribution in [-0.4, -0.2) is 54.7 Å². The Morgan fingerprint density at radius 1 is 1.45 bits per heavy atom. The summed E-state index contributed by atoms with van der Waals surface area (Å²) >= 11 is 0. The van der Waals surface area contributed by atoms with E-state index in [-0.39, 0.29) is 12.5 Å². The van der Waals surface area contributed by atoms with Crippen LogP contribution in [0.25, 0.3) is 0 Å². The van der Waals surface area contributed by atoms with Gasteiger partial charge in [0.15, 0.2) is 0 Å². The molecule has 1 amide bonds. The van der Waals surface area contributed by atoms with Crippen molar-refractivity contribution < 1.29 is 9.90 Å². The number of carbonyl (C=O) groups excluding carboxylic acids is 1. The molecule has 1 aromatic rings. The van der Waals surface area contributed by atoms with Gasteiger partial charge in [0.25, 0.3) is 5.91 Å². The van der Waals surface area contributed by atoms with Crippen LogP contribution in [0.3, 0.4) is 0 Å². The summed E-state index contributed by atoms with van der Waals surface area (Å²) in [6.45, 7) is 1.62. The lowest BCUT2D eigenvalue weighted by atomic mass is 10.2. The molecule has 0 spiro atoms. The number of nitrogens with zero attached hydrogens (tertiary/aromatic N) is 2. The van der Waals surface area contributed by atoms with Gasteiger partial charge in [-0.1, -0.05) is 11.8 Å². The third-order valence-corrected chi connectivity index (χ3v) is 2.53. The molecule has 0 aliphatic heterocycles. The summed E-state index contributed by atoms with van der Waals surface area (Å²) in [7, 11) is 4.00. The van der Waals surface area contributed by atoms with Crippen molar-refractivity contribution >= 4 is 5.91 Å². The number of nitrogens with one attached hydrogen (secondary N) is 1. The highest BCUT2D eigenvalue weighted by molar-refractivity contribution is 5.92. The Morgan fingerprint density at radius 3 is 2.85 bits per heavy atom. The van der Waals surface area contributed by atoms with Gasteiger partial charge in [0, 0.05) is 24.7 Å². The topological polar surface area (TPSA) is 65.5 Å². The number of hydrogen-bond donors (Lipinski definition) is 2. The quantitative estimate of drug-likeness (QED) is 0.586. The number of aliphatic hydroxyl groups is 1. The van der Waals surface area contributed by atoms with E-state index in [2.05, 4.69) is 27.0 Å². The lowest BCUT2D eigenvalue weighted by Gasteiger charge is -2.09. The van der Waals surface area contributed by atoms with E-state index in [9.17, 15) is 4.79 Å². The molecule has 0 unspecified atom stereocenters. The third-order valence-electron chi connectivity index (χ3n) is 2.53. The van der Waals surface area contributed by atoms with E-state index < -0.39 is 0 Å². The first kappa shape index (κ1) is 16.2. The van der Waals surface area contributed by atoms with Gasteiger partial charge in [-0.05, 0) is 39.2 Å². The summed E-state index contributed by atoms with van der Waals surface area (Å²) in [5.41, 5.74) is 1.13. The minimum Gasteiger partial charge on any atom is -0.395 e. The van der Waals surface area contributed by atoms with Crippen molar-refractivity contribution in [2.24, 2.45) is 0 Å². The van der Waals surface area contributed by atoms with E-state index in [1.165, 1.54) is 0 Å². The standard InChI is InChI=1S/C15H21N3O2/c1-18(2)10-5-9-16-15(20)14-8-7-13(12-17-14)6-3-4-11-19/h7-8,12,19H,4-5,9-11H2,1-2H3,(H,16,20). The van der Waals surface area contributed by atoms with Crippen molar-refractivity contribution in [2.75, 3.05) is 33.8 Å². The van der Waals surface area contributed by atoms with Crippen LogP contribution in [0.1, 0.15) is 28.9 Å². The molecule has 1 rings (SSSR count). The largest absolute Gasteiger partial charge is 0.395 e. The van der Waals surface area contributed by atoms with Crippen LogP contribution in [0.2, 0.25) is 0 Å². The smallest absolute Gasteiger partial charge is 0.269 e. The molecular formula is C15H21N3O2. The average molecular weight is 275 g/mol. The SMILES string of the molecule is CN(C)CCCNC(=O)c1ccc(C#CCCO)cn1. The predicted molar refractivity (Wildman–Crippen MR) is 78.3 cm³/mol. The van der Waals surface area contributed by atoms with Gasteiger partial charge in [-0.2, -0.15) is 0 Å². The summed E-state index contributed by atoms with van der Waals surface area (Å²) < 4.78 is 0. The highest BCUT2D eigenvalue weighted by Crippen LogP contribution is 1.99. The molecule has 5 heteroatoms. The van der Waals surface area contributed by atoms with Gasteiger partial charge in [0.05, 0.1) is 6.61 Å². The number of hydrogen-bond acceptors (Lipinski definition) is 4. The van der Waals surface area contributed by atoms with E-state index in [0.29, 0.717) is 18.7 Å². The van der Waals surface area contributed by atoms with Gasteiger partial charge in [-0.25, -0.2) is 4.98 Å². The summed E-state index contributed by atoms with van der Waals surface area (Å²) in [5, 5.41) is 11.5. The van der Waals surface area contributed by atoms with Crippen molar-refractivity contribution in [2.45, 2.75) is 12.8 Å². The fraction of sp³-hybridized carbons (Fsp3) is 0.467. The number of pyridine rings is 1. The molecule has 0 aromatic carbocycles. The Morgan fingerprint density at radius 2 is 2.25 bits per heavy atom. The zero-order valence-electron chi connectivity index (χ0n) is 12.0. The van der Waals surface area contributed by atoms with Crippen LogP contribution >= 0.6 is 0 Å². The molecule has 2 N–H and O–H groups in total. The second-order valence-corrected chi connectivity index (χ2v) is 4.62. The molecule has 0 radical (unpaired) electrons. The Hall–Kier alpha value is -1.90. The molecule has 0 atom stereocenters.